The zero-order valence-corrected chi connectivity index (χ0v) is 14.7. The molecule has 0 saturated carbocycles. The summed E-state index contributed by atoms with van der Waals surface area (Å²) in [5.41, 5.74) is 2.50. The number of benzene rings is 2. The highest BCUT2D eigenvalue weighted by Gasteiger charge is 2.16. The van der Waals surface area contributed by atoms with Crippen LogP contribution in [0.25, 0.3) is 10.1 Å². The van der Waals surface area contributed by atoms with E-state index in [2.05, 4.69) is 57.0 Å². The van der Waals surface area contributed by atoms with E-state index in [4.69, 9.17) is 11.6 Å². The van der Waals surface area contributed by atoms with Crippen molar-refractivity contribution in [2.24, 2.45) is 0 Å². The first-order valence-electron chi connectivity index (χ1n) is 6.77. The second-order valence-corrected chi connectivity index (χ2v) is 7.09. The highest BCUT2D eigenvalue weighted by molar-refractivity contribution is 9.10. The van der Waals surface area contributed by atoms with Gasteiger partial charge in [-0.15, -0.1) is 11.3 Å². The van der Waals surface area contributed by atoms with Crippen LogP contribution in [-0.2, 0) is 6.42 Å². The Kier molecular flexibility index (Phi) is 4.65. The fourth-order valence-electron chi connectivity index (χ4n) is 2.57. The summed E-state index contributed by atoms with van der Waals surface area (Å²) in [4.78, 5) is 0. The zero-order valence-electron chi connectivity index (χ0n) is 11.6. The molecule has 0 radical (unpaired) electrons. The van der Waals surface area contributed by atoms with Gasteiger partial charge in [0.2, 0.25) is 0 Å². The lowest BCUT2D eigenvalue weighted by Gasteiger charge is -2.18. The normalized spacial score (nSPS) is 12.7. The standard InChI is InChI=1S/C17H15BrClNS/c1-20-15(13-6-4-7-14(18)17(13)19)9-11-10-21-16-8-3-2-5-12(11)16/h2-8,10,15,20H,9H2,1H3. The van der Waals surface area contributed by atoms with Crippen molar-refractivity contribution < 1.29 is 0 Å². The van der Waals surface area contributed by atoms with Gasteiger partial charge in [-0.25, -0.2) is 0 Å². The maximum Gasteiger partial charge on any atom is 0.0595 e. The Morgan fingerprint density at radius 2 is 2.00 bits per heavy atom. The summed E-state index contributed by atoms with van der Waals surface area (Å²) in [6, 6.07) is 14.8. The topological polar surface area (TPSA) is 12.0 Å². The molecule has 1 heterocycles. The molecule has 0 spiro atoms. The SMILES string of the molecule is CNC(Cc1csc2ccccc12)c1cccc(Br)c1Cl. The van der Waals surface area contributed by atoms with E-state index >= 15 is 0 Å². The van der Waals surface area contributed by atoms with Crippen LogP contribution >= 0.6 is 38.9 Å². The van der Waals surface area contributed by atoms with Gasteiger partial charge in [-0.05, 0) is 63.4 Å². The zero-order chi connectivity index (χ0) is 14.8. The van der Waals surface area contributed by atoms with Gasteiger partial charge < -0.3 is 5.32 Å². The summed E-state index contributed by atoms with van der Waals surface area (Å²) in [6.45, 7) is 0. The fraction of sp³-hybridized carbons (Fsp3) is 0.176. The Bertz CT molecular complexity index is 768. The number of fused-ring (bicyclic) bond motifs is 1. The maximum atomic E-state index is 6.44. The minimum atomic E-state index is 0.202. The molecule has 108 valence electrons. The number of hydrogen-bond donors (Lipinski definition) is 1. The molecule has 1 N–H and O–H groups in total. The molecule has 3 aromatic rings. The maximum absolute atomic E-state index is 6.44. The molecule has 0 saturated heterocycles. The summed E-state index contributed by atoms with van der Waals surface area (Å²) in [5.74, 6) is 0. The molecule has 1 nitrogen and oxygen atoms in total. The third kappa shape index (κ3) is 3.02. The van der Waals surface area contributed by atoms with Crippen molar-refractivity contribution in [3.05, 3.63) is 68.5 Å². The second-order valence-electron chi connectivity index (χ2n) is 4.95. The highest BCUT2D eigenvalue weighted by atomic mass is 79.9. The van der Waals surface area contributed by atoms with Crippen LogP contribution in [0, 0.1) is 0 Å². The average molecular weight is 381 g/mol. The first-order chi connectivity index (χ1) is 10.2. The molecule has 0 aliphatic carbocycles. The number of likely N-dealkylation sites (N-methyl/N-ethyl adjacent to an activating group) is 1. The first kappa shape index (κ1) is 15.0. The third-order valence-corrected chi connectivity index (χ3v) is 6.01. The Hall–Kier alpha value is -0.870. The Morgan fingerprint density at radius 1 is 1.19 bits per heavy atom. The highest BCUT2D eigenvalue weighted by Crippen LogP contribution is 2.34. The summed E-state index contributed by atoms with van der Waals surface area (Å²) in [6.07, 6.45) is 0.927. The van der Waals surface area contributed by atoms with E-state index in [0.717, 1.165) is 21.5 Å². The molecule has 0 aliphatic heterocycles. The summed E-state index contributed by atoms with van der Waals surface area (Å²) < 4.78 is 2.28. The molecule has 0 fully saturated rings. The van der Waals surface area contributed by atoms with E-state index in [1.165, 1.54) is 15.6 Å². The summed E-state index contributed by atoms with van der Waals surface area (Å²) in [5, 5.41) is 7.77. The third-order valence-electron chi connectivity index (χ3n) is 3.69. The first-order valence-corrected chi connectivity index (χ1v) is 8.82. The molecule has 0 bridgehead atoms. The predicted octanol–water partition coefficient (Wildman–Crippen LogP) is 5.82. The van der Waals surface area contributed by atoms with E-state index in [0.29, 0.717) is 0 Å². The predicted molar refractivity (Wildman–Crippen MR) is 96.5 cm³/mol. The van der Waals surface area contributed by atoms with Crippen molar-refractivity contribution in [2.75, 3.05) is 7.05 Å². The van der Waals surface area contributed by atoms with Crippen molar-refractivity contribution in [2.45, 2.75) is 12.5 Å². The van der Waals surface area contributed by atoms with Crippen LogP contribution in [-0.4, -0.2) is 7.05 Å². The number of rotatable bonds is 4. The second kappa shape index (κ2) is 6.49. The van der Waals surface area contributed by atoms with E-state index in [1.54, 1.807) is 11.3 Å². The van der Waals surface area contributed by atoms with Gasteiger partial charge in [0.25, 0.3) is 0 Å². The monoisotopic (exact) mass is 379 g/mol. The molecule has 3 rings (SSSR count). The van der Waals surface area contributed by atoms with Crippen molar-refractivity contribution in [1.29, 1.82) is 0 Å². The Labute approximate surface area is 142 Å². The van der Waals surface area contributed by atoms with Gasteiger partial charge in [0.05, 0.1) is 5.02 Å². The lowest BCUT2D eigenvalue weighted by atomic mass is 9.98. The van der Waals surface area contributed by atoms with E-state index < -0.39 is 0 Å². The van der Waals surface area contributed by atoms with Gasteiger partial charge in [-0.3, -0.25) is 0 Å². The van der Waals surface area contributed by atoms with Crippen LogP contribution in [0.1, 0.15) is 17.2 Å². The minimum Gasteiger partial charge on any atom is -0.313 e. The Balaban J connectivity index is 1.96. The average Bonchev–Trinajstić information content (AvgIpc) is 2.91. The van der Waals surface area contributed by atoms with Gasteiger partial charge in [-0.1, -0.05) is 41.9 Å². The van der Waals surface area contributed by atoms with Gasteiger partial charge >= 0.3 is 0 Å². The van der Waals surface area contributed by atoms with E-state index in [9.17, 15) is 0 Å². The van der Waals surface area contributed by atoms with Gasteiger partial charge in [0.1, 0.15) is 0 Å². The molecule has 1 aromatic heterocycles. The van der Waals surface area contributed by atoms with Crippen molar-refractivity contribution >= 4 is 49.0 Å². The van der Waals surface area contributed by atoms with Gasteiger partial charge in [0, 0.05) is 15.2 Å². The molecule has 1 unspecified atom stereocenters. The lowest BCUT2D eigenvalue weighted by Crippen LogP contribution is -2.19. The summed E-state index contributed by atoms with van der Waals surface area (Å²) in [7, 11) is 1.98. The molecule has 4 heteroatoms. The van der Waals surface area contributed by atoms with Crippen LogP contribution in [0.2, 0.25) is 5.02 Å². The number of nitrogens with one attached hydrogen (secondary N) is 1. The quantitative estimate of drug-likeness (QED) is 0.601. The van der Waals surface area contributed by atoms with Crippen molar-refractivity contribution in [3.63, 3.8) is 0 Å². The van der Waals surface area contributed by atoms with Crippen LogP contribution < -0.4 is 5.32 Å². The van der Waals surface area contributed by atoms with Crippen LogP contribution in [0.4, 0.5) is 0 Å². The molecular formula is C17H15BrClNS. The molecule has 2 aromatic carbocycles. The molecule has 21 heavy (non-hydrogen) atoms. The van der Waals surface area contributed by atoms with Crippen LogP contribution in [0.15, 0.2) is 52.3 Å². The smallest absolute Gasteiger partial charge is 0.0595 e. The number of hydrogen-bond acceptors (Lipinski definition) is 2. The van der Waals surface area contributed by atoms with E-state index in [1.807, 2.05) is 19.2 Å². The van der Waals surface area contributed by atoms with Gasteiger partial charge in [0.15, 0.2) is 0 Å². The molecule has 0 aliphatic rings. The van der Waals surface area contributed by atoms with Crippen LogP contribution in [0.3, 0.4) is 0 Å². The minimum absolute atomic E-state index is 0.202. The summed E-state index contributed by atoms with van der Waals surface area (Å²) >= 11 is 11.7. The number of halogens is 2. The van der Waals surface area contributed by atoms with E-state index in [-0.39, 0.29) is 6.04 Å². The van der Waals surface area contributed by atoms with Crippen molar-refractivity contribution in [1.82, 2.24) is 5.32 Å². The van der Waals surface area contributed by atoms with Gasteiger partial charge in [-0.2, -0.15) is 0 Å². The fourth-order valence-corrected chi connectivity index (χ4v) is 4.18. The Morgan fingerprint density at radius 3 is 2.81 bits per heavy atom. The molecular weight excluding hydrogens is 366 g/mol. The lowest BCUT2D eigenvalue weighted by molar-refractivity contribution is 0.594. The number of thiophene rings is 1. The molecule has 1 atom stereocenters. The molecule has 0 amide bonds. The van der Waals surface area contributed by atoms with Crippen molar-refractivity contribution in [3.8, 4) is 0 Å². The van der Waals surface area contributed by atoms with Crippen LogP contribution in [0.5, 0.6) is 0 Å². The largest absolute Gasteiger partial charge is 0.313 e.